The van der Waals surface area contributed by atoms with Gasteiger partial charge in [0.1, 0.15) is 5.82 Å². The van der Waals surface area contributed by atoms with E-state index in [1.165, 1.54) is 16.4 Å². The Morgan fingerprint density at radius 2 is 2.00 bits per heavy atom. The van der Waals surface area contributed by atoms with Gasteiger partial charge in [-0.15, -0.1) is 0 Å². The number of hydrogen-bond acceptors (Lipinski definition) is 4. The molecule has 1 heterocycles. The summed E-state index contributed by atoms with van der Waals surface area (Å²) in [6.45, 7) is 3.29. The number of aliphatic hydroxyl groups is 1. The van der Waals surface area contributed by atoms with E-state index in [4.69, 9.17) is 0 Å². The molecule has 0 radical (unpaired) electrons. The summed E-state index contributed by atoms with van der Waals surface area (Å²) in [4.78, 5) is 1.93. The van der Waals surface area contributed by atoms with Crippen LogP contribution >= 0.6 is 0 Å². The minimum Gasteiger partial charge on any atom is -0.387 e. The lowest BCUT2D eigenvalue weighted by atomic mass is 10.0. The molecule has 1 aromatic rings. The van der Waals surface area contributed by atoms with Crippen molar-refractivity contribution in [1.29, 1.82) is 0 Å². The zero-order valence-electron chi connectivity index (χ0n) is 13.7. The predicted molar refractivity (Wildman–Crippen MR) is 88.0 cm³/mol. The highest BCUT2D eigenvalue weighted by Crippen LogP contribution is 2.25. The Balaban J connectivity index is 1.93. The van der Waals surface area contributed by atoms with E-state index in [9.17, 15) is 17.9 Å². The van der Waals surface area contributed by atoms with E-state index in [-0.39, 0.29) is 18.1 Å². The maximum absolute atomic E-state index is 12.9. The molecular weight excluding hydrogens is 319 g/mol. The van der Waals surface area contributed by atoms with Crippen LogP contribution in [0.3, 0.4) is 0 Å². The van der Waals surface area contributed by atoms with E-state index in [2.05, 4.69) is 0 Å². The van der Waals surface area contributed by atoms with Crippen LogP contribution in [0.4, 0.5) is 4.39 Å². The van der Waals surface area contributed by atoms with Crippen molar-refractivity contribution in [3.05, 3.63) is 35.6 Å². The molecule has 5 nitrogen and oxygen atoms in total. The molecule has 130 valence electrons. The summed E-state index contributed by atoms with van der Waals surface area (Å²) in [7, 11) is -1.40. The van der Waals surface area contributed by atoms with Crippen molar-refractivity contribution in [3.8, 4) is 0 Å². The Morgan fingerprint density at radius 1 is 1.35 bits per heavy atom. The molecule has 1 aromatic carbocycles. The third kappa shape index (κ3) is 4.97. The lowest BCUT2D eigenvalue weighted by Gasteiger charge is -2.29. The third-order valence-corrected chi connectivity index (χ3v) is 6.11. The van der Waals surface area contributed by atoms with Crippen LogP contribution < -0.4 is 0 Å². The molecule has 0 aromatic heterocycles. The normalized spacial score (nSPS) is 22.8. The number of halogens is 1. The van der Waals surface area contributed by atoms with E-state index < -0.39 is 15.6 Å². The molecule has 0 aliphatic carbocycles. The summed E-state index contributed by atoms with van der Waals surface area (Å²) < 4.78 is 38.5. The van der Waals surface area contributed by atoms with Crippen LogP contribution in [-0.4, -0.2) is 60.8 Å². The van der Waals surface area contributed by atoms with Crippen molar-refractivity contribution < 1.29 is 17.9 Å². The van der Waals surface area contributed by atoms with Crippen LogP contribution in [-0.2, 0) is 16.6 Å². The second-order valence-corrected chi connectivity index (χ2v) is 8.51. The first-order valence-electron chi connectivity index (χ1n) is 7.87. The molecule has 0 amide bonds. The average Bonchev–Trinajstić information content (AvgIpc) is 2.84. The molecule has 1 aliphatic heterocycles. The molecule has 0 bridgehead atoms. The highest BCUT2D eigenvalue weighted by Gasteiger charge is 2.41. The molecule has 2 rings (SSSR count). The number of likely N-dealkylation sites (N-methyl/N-ethyl adjacent to an activating group) is 1. The second kappa shape index (κ2) is 7.25. The number of benzene rings is 1. The van der Waals surface area contributed by atoms with Crippen molar-refractivity contribution in [1.82, 2.24) is 9.21 Å². The summed E-state index contributed by atoms with van der Waals surface area (Å²) in [5.41, 5.74) is -0.0822. The van der Waals surface area contributed by atoms with Crippen LogP contribution in [0.2, 0.25) is 0 Å². The topological polar surface area (TPSA) is 60.9 Å². The van der Waals surface area contributed by atoms with Crippen LogP contribution in [0.15, 0.2) is 24.3 Å². The lowest BCUT2D eigenvalue weighted by molar-refractivity contribution is 0.0219. The molecular formula is C16H25FN2O3S. The number of nitrogens with zero attached hydrogens (tertiary/aromatic N) is 2. The molecule has 1 fully saturated rings. The third-order valence-electron chi connectivity index (χ3n) is 4.08. The fraction of sp³-hybridized carbons (Fsp3) is 0.625. The van der Waals surface area contributed by atoms with Gasteiger partial charge in [0.05, 0.1) is 11.4 Å². The number of rotatable bonds is 7. The number of β-amino-alcohol motifs (C(OH)–C–C–N with tert-alkyl or cyclic N) is 1. The molecule has 7 heteroatoms. The number of hydrogen-bond donors (Lipinski definition) is 1. The van der Waals surface area contributed by atoms with Crippen LogP contribution in [0.25, 0.3) is 0 Å². The molecule has 0 unspecified atom stereocenters. The quantitative estimate of drug-likeness (QED) is 0.813. The lowest BCUT2D eigenvalue weighted by Crippen LogP contribution is -2.44. The number of sulfonamides is 1. The summed E-state index contributed by atoms with van der Waals surface area (Å²) in [5.74, 6) is -0.156. The standard InChI is InChI=1S/C16H25FN2O3S/c1-3-10-23(21,22)19-9-8-16(20,13-19)12-18(2)11-14-4-6-15(17)7-5-14/h4-7,20H,3,8-13H2,1-2H3/t16-/m0/s1. The van der Waals surface area contributed by atoms with Gasteiger partial charge in [-0.1, -0.05) is 19.1 Å². The van der Waals surface area contributed by atoms with Crippen molar-refractivity contribution >= 4 is 10.0 Å². The van der Waals surface area contributed by atoms with Gasteiger partial charge < -0.3 is 5.11 Å². The second-order valence-electron chi connectivity index (χ2n) is 6.42. The highest BCUT2D eigenvalue weighted by atomic mass is 32.2. The van der Waals surface area contributed by atoms with Crippen molar-refractivity contribution in [2.75, 3.05) is 32.4 Å². The maximum Gasteiger partial charge on any atom is 0.214 e. The fourth-order valence-corrected chi connectivity index (χ4v) is 4.61. The largest absolute Gasteiger partial charge is 0.387 e. The molecule has 23 heavy (non-hydrogen) atoms. The minimum absolute atomic E-state index is 0.120. The van der Waals surface area contributed by atoms with E-state index >= 15 is 0 Å². The highest BCUT2D eigenvalue weighted by molar-refractivity contribution is 7.89. The molecule has 0 saturated carbocycles. The van der Waals surface area contributed by atoms with Gasteiger partial charge in [-0.3, -0.25) is 4.90 Å². The van der Waals surface area contributed by atoms with Gasteiger partial charge in [-0.05, 0) is 37.6 Å². The fourth-order valence-electron chi connectivity index (χ4n) is 3.03. The first-order chi connectivity index (χ1) is 10.7. The zero-order valence-corrected chi connectivity index (χ0v) is 14.5. The summed E-state index contributed by atoms with van der Waals surface area (Å²) >= 11 is 0. The van der Waals surface area contributed by atoms with Crippen molar-refractivity contribution in [3.63, 3.8) is 0 Å². The van der Waals surface area contributed by atoms with Crippen LogP contribution in [0, 0.1) is 5.82 Å². The first-order valence-corrected chi connectivity index (χ1v) is 9.48. The Bertz CT molecular complexity index is 621. The van der Waals surface area contributed by atoms with Gasteiger partial charge in [0.2, 0.25) is 10.0 Å². The van der Waals surface area contributed by atoms with E-state index in [0.717, 1.165) is 5.56 Å². The predicted octanol–water partition coefficient (Wildman–Crippen LogP) is 1.43. The van der Waals surface area contributed by atoms with Gasteiger partial charge >= 0.3 is 0 Å². The smallest absolute Gasteiger partial charge is 0.214 e. The summed E-state index contributed by atoms with van der Waals surface area (Å²) in [5, 5.41) is 10.7. The molecule has 0 spiro atoms. The summed E-state index contributed by atoms with van der Waals surface area (Å²) in [6, 6.07) is 6.24. The van der Waals surface area contributed by atoms with Gasteiger partial charge in [-0.2, -0.15) is 4.31 Å². The van der Waals surface area contributed by atoms with Crippen molar-refractivity contribution in [2.45, 2.75) is 31.9 Å². The van der Waals surface area contributed by atoms with E-state index in [1.807, 2.05) is 18.9 Å². The Kier molecular flexibility index (Phi) is 5.78. The maximum atomic E-state index is 12.9. The van der Waals surface area contributed by atoms with Crippen LogP contribution in [0.5, 0.6) is 0 Å². The summed E-state index contributed by atoms with van der Waals surface area (Å²) in [6.07, 6.45) is 1.01. The molecule has 1 atom stereocenters. The Morgan fingerprint density at radius 3 is 2.61 bits per heavy atom. The van der Waals surface area contributed by atoms with E-state index in [0.29, 0.717) is 32.5 Å². The average molecular weight is 344 g/mol. The van der Waals surface area contributed by atoms with Gasteiger partial charge in [-0.25, -0.2) is 12.8 Å². The monoisotopic (exact) mass is 344 g/mol. The SMILES string of the molecule is CCCS(=O)(=O)N1CC[C@](O)(CN(C)Cc2ccc(F)cc2)C1. The van der Waals surface area contributed by atoms with Gasteiger partial charge in [0.15, 0.2) is 0 Å². The van der Waals surface area contributed by atoms with Gasteiger partial charge in [0.25, 0.3) is 0 Å². The zero-order chi connectivity index (χ0) is 17.1. The molecule has 1 aliphatic rings. The molecule has 1 saturated heterocycles. The first kappa shape index (κ1) is 18.3. The molecule has 1 N–H and O–H groups in total. The van der Waals surface area contributed by atoms with E-state index in [1.54, 1.807) is 12.1 Å². The minimum atomic E-state index is -3.27. The van der Waals surface area contributed by atoms with Crippen LogP contribution in [0.1, 0.15) is 25.3 Å². The van der Waals surface area contributed by atoms with Gasteiger partial charge in [0, 0.05) is 26.2 Å². The Labute approximate surface area is 137 Å². The Hall–Kier alpha value is -1.02. The van der Waals surface area contributed by atoms with Crippen molar-refractivity contribution in [2.24, 2.45) is 0 Å².